The molecule has 2 fully saturated rings. The maximum Gasteiger partial charge on any atom is 0.251 e. The monoisotopic (exact) mass is 289 g/mol. The predicted molar refractivity (Wildman–Crippen MR) is 83.2 cm³/mol. The zero-order valence-electron chi connectivity index (χ0n) is 12.5. The highest BCUT2D eigenvalue weighted by atomic mass is 16.5. The summed E-state index contributed by atoms with van der Waals surface area (Å²) >= 11 is 0. The Morgan fingerprint density at radius 2 is 1.81 bits per heavy atom. The first-order valence-corrected chi connectivity index (χ1v) is 7.68. The third-order valence-electron chi connectivity index (χ3n) is 4.36. The maximum atomic E-state index is 12.4. The highest BCUT2D eigenvalue weighted by Crippen LogP contribution is 2.23. The van der Waals surface area contributed by atoms with Crippen LogP contribution in [0.1, 0.15) is 19.8 Å². The molecule has 1 amide bonds. The Balaban J connectivity index is 1.55. The average Bonchev–Trinajstić information content (AvgIpc) is 2.94. The van der Waals surface area contributed by atoms with Gasteiger partial charge in [-0.05, 0) is 44.0 Å². The van der Waals surface area contributed by atoms with E-state index in [9.17, 15) is 4.79 Å². The van der Waals surface area contributed by atoms with E-state index >= 15 is 0 Å². The van der Waals surface area contributed by atoms with Crippen molar-refractivity contribution in [1.29, 1.82) is 0 Å². The summed E-state index contributed by atoms with van der Waals surface area (Å²) in [4.78, 5) is 16.6. The summed E-state index contributed by atoms with van der Waals surface area (Å²) in [5.41, 5.74) is 7.66. The number of carbonyl (C=O) groups excluding carboxylic acids is 1. The van der Waals surface area contributed by atoms with Crippen LogP contribution in [0.4, 0.5) is 11.4 Å². The van der Waals surface area contributed by atoms with Gasteiger partial charge in [-0.25, -0.2) is 0 Å². The third kappa shape index (κ3) is 3.13. The largest absolute Gasteiger partial charge is 0.399 e. The second kappa shape index (κ2) is 5.93. The molecular formula is C16H23N3O2. The maximum absolute atomic E-state index is 12.4. The lowest BCUT2D eigenvalue weighted by molar-refractivity contribution is -0.142. The first-order chi connectivity index (χ1) is 10.1. The van der Waals surface area contributed by atoms with Crippen LogP contribution in [0.5, 0.6) is 0 Å². The van der Waals surface area contributed by atoms with Crippen molar-refractivity contribution in [3.63, 3.8) is 0 Å². The van der Waals surface area contributed by atoms with E-state index in [4.69, 9.17) is 10.5 Å². The molecule has 0 aromatic heterocycles. The van der Waals surface area contributed by atoms with Crippen molar-refractivity contribution in [3.05, 3.63) is 24.3 Å². The molecule has 2 atom stereocenters. The van der Waals surface area contributed by atoms with Gasteiger partial charge in [0.15, 0.2) is 0 Å². The number of anilines is 2. The number of ether oxygens (including phenoxy) is 1. The summed E-state index contributed by atoms with van der Waals surface area (Å²) in [6.07, 6.45) is 1.85. The molecule has 0 saturated carbocycles. The van der Waals surface area contributed by atoms with Crippen LogP contribution in [0, 0.1) is 0 Å². The summed E-state index contributed by atoms with van der Waals surface area (Å²) in [5, 5.41) is 0. The van der Waals surface area contributed by atoms with Crippen molar-refractivity contribution >= 4 is 17.3 Å². The molecule has 5 nitrogen and oxygen atoms in total. The number of hydrogen-bond acceptors (Lipinski definition) is 4. The molecule has 0 spiro atoms. The van der Waals surface area contributed by atoms with Crippen molar-refractivity contribution in [2.45, 2.75) is 32.0 Å². The van der Waals surface area contributed by atoms with Crippen LogP contribution in [0.15, 0.2) is 24.3 Å². The van der Waals surface area contributed by atoms with Gasteiger partial charge >= 0.3 is 0 Å². The lowest BCUT2D eigenvalue weighted by Crippen LogP contribution is -2.51. The van der Waals surface area contributed by atoms with E-state index in [2.05, 4.69) is 4.90 Å². The van der Waals surface area contributed by atoms with Gasteiger partial charge in [0.2, 0.25) is 0 Å². The van der Waals surface area contributed by atoms with Gasteiger partial charge in [-0.2, -0.15) is 0 Å². The number of piperazine rings is 1. The topological polar surface area (TPSA) is 58.8 Å². The standard InChI is InChI=1S/C16H23N3O2/c1-12-2-7-15(21-12)16(20)19-10-8-18(9-11-19)14-5-3-13(17)4-6-14/h3-6,12,15H,2,7-11,17H2,1H3. The van der Waals surface area contributed by atoms with E-state index in [-0.39, 0.29) is 18.1 Å². The molecule has 1 aromatic carbocycles. The highest BCUT2D eigenvalue weighted by Gasteiger charge is 2.32. The Bertz CT molecular complexity index is 495. The molecule has 2 saturated heterocycles. The van der Waals surface area contributed by atoms with Crippen molar-refractivity contribution in [2.75, 3.05) is 36.8 Å². The first-order valence-electron chi connectivity index (χ1n) is 7.68. The molecule has 2 heterocycles. The van der Waals surface area contributed by atoms with Gasteiger partial charge in [-0.15, -0.1) is 0 Å². The van der Waals surface area contributed by atoms with Crippen LogP contribution in [0.25, 0.3) is 0 Å². The molecule has 2 aliphatic heterocycles. The van der Waals surface area contributed by atoms with E-state index in [0.29, 0.717) is 0 Å². The second-order valence-electron chi connectivity index (χ2n) is 5.92. The number of nitrogens with zero attached hydrogens (tertiary/aromatic N) is 2. The number of carbonyl (C=O) groups is 1. The molecule has 0 bridgehead atoms. The summed E-state index contributed by atoms with van der Waals surface area (Å²) in [6.45, 7) is 5.27. The van der Waals surface area contributed by atoms with E-state index < -0.39 is 0 Å². The average molecular weight is 289 g/mol. The van der Waals surface area contributed by atoms with E-state index in [1.807, 2.05) is 36.1 Å². The molecule has 1 aromatic rings. The summed E-state index contributed by atoms with van der Waals surface area (Å²) in [5.74, 6) is 0.163. The molecule has 2 unspecified atom stereocenters. The Kier molecular flexibility index (Phi) is 4.01. The molecule has 0 radical (unpaired) electrons. The van der Waals surface area contributed by atoms with Gasteiger partial charge in [0, 0.05) is 37.6 Å². The summed E-state index contributed by atoms with van der Waals surface area (Å²) in [6, 6.07) is 7.91. The zero-order valence-corrected chi connectivity index (χ0v) is 12.5. The fourth-order valence-electron chi connectivity index (χ4n) is 3.06. The molecule has 5 heteroatoms. The van der Waals surface area contributed by atoms with Gasteiger partial charge in [-0.3, -0.25) is 4.79 Å². The summed E-state index contributed by atoms with van der Waals surface area (Å²) in [7, 11) is 0. The Labute approximate surface area is 125 Å². The zero-order chi connectivity index (χ0) is 14.8. The smallest absolute Gasteiger partial charge is 0.251 e. The normalized spacial score (nSPS) is 26.1. The minimum atomic E-state index is -0.219. The number of amides is 1. The molecule has 21 heavy (non-hydrogen) atoms. The fraction of sp³-hybridized carbons (Fsp3) is 0.562. The van der Waals surface area contributed by atoms with Crippen LogP contribution in [-0.2, 0) is 9.53 Å². The minimum absolute atomic E-state index is 0.163. The van der Waals surface area contributed by atoms with Gasteiger partial charge in [0.1, 0.15) is 6.10 Å². The Morgan fingerprint density at radius 3 is 2.38 bits per heavy atom. The van der Waals surface area contributed by atoms with Crippen molar-refractivity contribution in [2.24, 2.45) is 0 Å². The fourth-order valence-corrected chi connectivity index (χ4v) is 3.06. The van der Waals surface area contributed by atoms with Gasteiger partial charge in [0.25, 0.3) is 5.91 Å². The van der Waals surface area contributed by atoms with Crippen molar-refractivity contribution in [1.82, 2.24) is 4.90 Å². The lowest BCUT2D eigenvalue weighted by Gasteiger charge is -2.37. The van der Waals surface area contributed by atoms with Crippen LogP contribution in [0.2, 0.25) is 0 Å². The number of nitrogens with two attached hydrogens (primary N) is 1. The highest BCUT2D eigenvalue weighted by molar-refractivity contribution is 5.81. The molecule has 2 N–H and O–H groups in total. The predicted octanol–water partition coefficient (Wildman–Crippen LogP) is 1.48. The van der Waals surface area contributed by atoms with Crippen molar-refractivity contribution < 1.29 is 9.53 Å². The SMILES string of the molecule is CC1CCC(C(=O)N2CCN(c3ccc(N)cc3)CC2)O1. The third-order valence-corrected chi connectivity index (χ3v) is 4.36. The molecule has 3 rings (SSSR count). The molecular weight excluding hydrogens is 266 g/mol. The van der Waals surface area contributed by atoms with Crippen LogP contribution in [-0.4, -0.2) is 49.2 Å². The Hall–Kier alpha value is -1.75. The van der Waals surface area contributed by atoms with Crippen LogP contribution < -0.4 is 10.6 Å². The molecule has 114 valence electrons. The second-order valence-corrected chi connectivity index (χ2v) is 5.92. The number of benzene rings is 1. The number of rotatable bonds is 2. The molecule has 0 aliphatic carbocycles. The Morgan fingerprint density at radius 1 is 1.14 bits per heavy atom. The number of nitrogen functional groups attached to an aromatic ring is 1. The van der Waals surface area contributed by atoms with Gasteiger partial charge in [0.05, 0.1) is 6.10 Å². The van der Waals surface area contributed by atoms with Gasteiger partial charge < -0.3 is 20.3 Å². The van der Waals surface area contributed by atoms with Crippen molar-refractivity contribution in [3.8, 4) is 0 Å². The lowest BCUT2D eigenvalue weighted by atomic mass is 10.1. The van der Waals surface area contributed by atoms with Gasteiger partial charge in [-0.1, -0.05) is 0 Å². The van der Waals surface area contributed by atoms with E-state index in [1.54, 1.807) is 0 Å². The molecule has 2 aliphatic rings. The minimum Gasteiger partial charge on any atom is -0.399 e. The van der Waals surface area contributed by atoms with Crippen LogP contribution in [0.3, 0.4) is 0 Å². The first kappa shape index (κ1) is 14.2. The van der Waals surface area contributed by atoms with E-state index in [1.165, 1.54) is 5.69 Å². The van der Waals surface area contributed by atoms with Crippen LogP contribution >= 0.6 is 0 Å². The summed E-state index contributed by atoms with van der Waals surface area (Å²) < 4.78 is 5.68. The van der Waals surface area contributed by atoms with E-state index in [0.717, 1.165) is 44.7 Å². The number of hydrogen-bond donors (Lipinski definition) is 1. The quantitative estimate of drug-likeness (QED) is 0.838.